The smallest absolute Gasteiger partial charge is 0.386 e. The van der Waals surface area contributed by atoms with Crippen molar-refractivity contribution in [3.8, 4) is 0 Å². The highest BCUT2D eigenvalue weighted by Gasteiger charge is 2.50. The molecule has 4 heterocycles. The van der Waals surface area contributed by atoms with Crippen LogP contribution in [0.1, 0.15) is 58.5 Å². The summed E-state index contributed by atoms with van der Waals surface area (Å²) in [5.74, 6) is -1.08. The first kappa shape index (κ1) is 51.3. The molecule has 62 heavy (non-hydrogen) atoms. The van der Waals surface area contributed by atoms with Gasteiger partial charge in [-0.15, -0.1) is 5.10 Å². The summed E-state index contributed by atoms with van der Waals surface area (Å²) in [5, 5.41) is 34.3. The van der Waals surface area contributed by atoms with E-state index in [1.807, 2.05) is 13.8 Å². The van der Waals surface area contributed by atoms with Crippen LogP contribution in [0.25, 0.3) is 11.2 Å². The number of carbonyl (C=O) groups is 3. The van der Waals surface area contributed by atoms with Crippen LogP contribution in [-0.4, -0.2) is 138 Å². The van der Waals surface area contributed by atoms with Gasteiger partial charge in [-0.25, -0.2) is 33.3 Å². The van der Waals surface area contributed by atoms with E-state index in [1.54, 1.807) is 6.20 Å². The van der Waals surface area contributed by atoms with E-state index in [9.17, 15) is 57.9 Å². The molecule has 2 amide bonds. The average molecular weight is 962 g/mol. The quantitative estimate of drug-likeness (QED) is 0.0380. The first-order valence-corrected chi connectivity index (χ1v) is 24.0. The van der Waals surface area contributed by atoms with E-state index in [4.69, 9.17) is 25.3 Å². The molecule has 8 unspecified atom stereocenters. The molecule has 8 atom stereocenters. The number of amides is 2. The molecule has 28 nitrogen and oxygen atoms in total. The molecule has 0 radical (unpaired) electrons. The average Bonchev–Trinajstić information content (AvgIpc) is 3.91. The third-order valence-electron chi connectivity index (χ3n) is 8.80. The van der Waals surface area contributed by atoms with Gasteiger partial charge in [0.1, 0.15) is 42.3 Å². The fraction of sp³-hybridized carbons (Fsp3) is 0.667. The molecule has 0 saturated carbocycles. The molecule has 3 aromatic heterocycles. The van der Waals surface area contributed by atoms with Gasteiger partial charge < -0.3 is 56.6 Å². The fourth-order valence-electron chi connectivity index (χ4n) is 5.70. The SMILES string of the molecule is CC(C)CC(C(=O)SCCNC(=O)CCNC(=O)C(O)C(C)(C)COP(=O)(O)OP(=O)(O)OCC1OC(n2cnc3c(N)ncnc32)C(O)C1OP(=O)(O)O)n1cc(CN)nn1. The van der Waals surface area contributed by atoms with Gasteiger partial charge in [0, 0.05) is 37.2 Å². The maximum absolute atomic E-state index is 12.9. The van der Waals surface area contributed by atoms with Crippen LogP contribution in [0.4, 0.5) is 5.82 Å². The van der Waals surface area contributed by atoms with E-state index in [2.05, 4.69) is 44.7 Å². The van der Waals surface area contributed by atoms with Crippen LogP contribution in [-0.2, 0) is 57.2 Å². The second-order valence-corrected chi connectivity index (χ2v) is 20.1. The minimum absolute atomic E-state index is 0.0250. The number of aromatic nitrogens is 7. The second-order valence-electron chi connectivity index (χ2n) is 14.8. The predicted octanol–water partition coefficient (Wildman–Crippen LogP) is -0.998. The fourth-order valence-corrected chi connectivity index (χ4v) is 9.33. The van der Waals surface area contributed by atoms with Crippen molar-refractivity contribution in [1.29, 1.82) is 0 Å². The monoisotopic (exact) mass is 961 g/mol. The van der Waals surface area contributed by atoms with E-state index < -0.39 is 90.6 Å². The number of carbonyl (C=O) groups excluding carboxylic acids is 3. The largest absolute Gasteiger partial charge is 0.481 e. The summed E-state index contributed by atoms with van der Waals surface area (Å²) in [5.41, 5.74) is 10.4. The van der Waals surface area contributed by atoms with Gasteiger partial charge in [-0.2, -0.15) is 4.31 Å². The standard InChI is InChI=1S/C30H50N11O17P3S/c1-16(2)9-18(41-11-17(10-31)38-39-41)29(46)62-8-7-33-20(42)5-6-34-27(45)24(44)30(3,4)13-55-61(52,53)58-60(50,51)54-12-19-23(57-59(47,48)49)22(43)28(56-19)40-15-37-21-25(32)35-14-36-26(21)40/h11,14-16,18-19,22-24,28,43-44H,5-10,12-13,31H2,1-4H3,(H,33,42)(H,34,45)(H,50,51)(H,52,53)(H2,32,35,36)(H2,47,48,49). The predicted molar refractivity (Wildman–Crippen MR) is 214 cm³/mol. The number of phosphoric ester groups is 3. The Morgan fingerprint density at radius 2 is 1.74 bits per heavy atom. The number of ether oxygens (including phenoxy) is 1. The Kier molecular flexibility index (Phi) is 17.8. The number of thioether (sulfide) groups is 1. The van der Waals surface area contributed by atoms with Crippen molar-refractivity contribution in [3.05, 3.63) is 24.5 Å². The van der Waals surface area contributed by atoms with Gasteiger partial charge in [0.15, 0.2) is 17.7 Å². The maximum Gasteiger partial charge on any atom is 0.481 e. The highest BCUT2D eigenvalue weighted by atomic mass is 32.2. The van der Waals surface area contributed by atoms with Crippen LogP contribution in [0.2, 0.25) is 0 Å². The highest BCUT2D eigenvalue weighted by Crippen LogP contribution is 2.61. The van der Waals surface area contributed by atoms with Gasteiger partial charge >= 0.3 is 23.5 Å². The van der Waals surface area contributed by atoms with Crippen molar-refractivity contribution in [2.45, 2.75) is 83.8 Å². The van der Waals surface area contributed by atoms with Crippen molar-refractivity contribution in [3.63, 3.8) is 0 Å². The van der Waals surface area contributed by atoms with Gasteiger partial charge in [-0.1, -0.05) is 44.7 Å². The van der Waals surface area contributed by atoms with Crippen molar-refractivity contribution < 1.29 is 80.5 Å². The van der Waals surface area contributed by atoms with Crippen LogP contribution in [0.5, 0.6) is 0 Å². The molecule has 1 aliphatic rings. The third-order valence-corrected chi connectivity index (χ3v) is 12.9. The van der Waals surface area contributed by atoms with Crippen molar-refractivity contribution in [2.24, 2.45) is 17.1 Å². The molecule has 3 aromatic rings. The Bertz CT molecular complexity index is 2170. The number of hydrogen-bond acceptors (Lipinski definition) is 21. The Hall–Kier alpha value is -3.34. The third kappa shape index (κ3) is 14.6. The number of rotatable bonds is 24. The lowest BCUT2D eigenvalue weighted by atomic mass is 9.87. The number of nitrogen functional groups attached to an aromatic ring is 1. The molecule has 1 aliphatic heterocycles. The lowest BCUT2D eigenvalue weighted by Gasteiger charge is -2.30. The molecule has 0 aliphatic carbocycles. The number of aliphatic hydroxyl groups excluding tert-OH is 2. The Morgan fingerprint density at radius 1 is 1.05 bits per heavy atom. The molecule has 4 rings (SSSR count). The van der Waals surface area contributed by atoms with Gasteiger partial charge in [0.05, 0.1) is 31.4 Å². The molecule has 0 aromatic carbocycles. The maximum atomic E-state index is 12.9. The van der Waals surface area contributed by atoms with Crippen LogP contribution in [0.15, 0.2) is 18.9 Å². The van der Waals surface area contributed by atoms with Crippen LogP contribution >= 0.6 is 35.2 Å². The summed E-state index contributed by atoms with van der Waals surface area (Å²) in [6.45, 7) is 4.45. The van der Waals surface area contributed by atoms with Crippen LogP contribution in [0.3, 0.4) is 0 Å². The van der Waals surface area contributed by atoms with E-state index >= 15 is 0 Å². The Balaban J connectivity index is 1.21. The second kappa shape index (κ2) is 21.6. The van der Waals surface area contributed by atoms with Gasteiger partial charge in [0.2, 0.25) is 16.9 Å². The lowest BCUT2D eigenvalue weighted by Crippen LogP contribution is -2.46. The Labute approximate surface area is 357 Å². The molecule has 0 bridgehead atoms. The normalized spacial score (nSPS) is 21.4. The zero-order valence-corrected chi connectivity index (χ0v) is 37.1. The summed E-state index contributed by atoms with van der Waals surface area (Å²) in [6, 6.07) is -0.569. The topological polar surface area (TPSA) is 420 Å². The number of anilines is 1. The van der Waals surface area contributed by atoms with E-state index in [1.165, 1.54) is 18.5 Å². The van der Waals surface area contributed by atoms with E-state index in [0.29, 0.717) is 12.1 Å². The summed E-state index contributed by atoms with van der Waals surface area (Å²) >= 11 is 1.01. The molecular formula is C30H50N11O17P3S. The summed E-state index contributed by atoms with van der Waals surface area (Å²) in [6.07, 6.45) is -4.89. The van der Waals surface area contributed by atoms with Gasteiger partial charge in [0.25, 0.3) is 0 Å². The molecule has 1 saturated heterocycles. The zero-order valence-electron chi connectivity index (χ0n) is 33.6. The van der Waals surface area contributed by atoms with Crippen LogP contribution < -0.4 is 22.1 Å². The first-order valence-electron chi connectivity index (χ1n) is 18.5. The van der Waals surface area contributed by atoms with Crippen molar-refractivity contribution in [1.82, 2.24) is 45.1 Å². The summed E-state index contributed by atoms with van der Waals surface area (Å²) in [7, 11) is -16.4. The zero-order chi connectivity index (χ0) is 46.2. The minimum Gasteiger partial charge on any atom is -0.386 e. The summed E-state index contributed by atoms with van der Waals surface area (Å²) in [4.78, 5) is 89.1. The Morgan fingerprint density at radius 3 is 2.39 bits per heavy atom. The molecular weight excluding hydrogens is 911 g/mol. The summed E-state index contributed by atoms with van der Waals surface area (Å²) < 4.78 is 63.8. The lowest BCUT2D eigenvalue weighted by molar-refractivity contribution is -0.137. The van der Waals surface area contributed by atoms with Crippen LogP contribution in [0, 0.1) is 11.3 Å². The highest BCUT2D eigenvalue weighted by molar-refractivity contribution is 8.13. The van der Waals surface area contributed by atoms with E-state index in [0.717, 1.165) is 29.0 Å². The molecule has 0 spiro atoms. The number of nitrogens with one attached hydrogen (secondary N) is 2. The van der Waals surface area contributed by atoms with Crippen molar-refractivity contribution >= 4 is 69.1 Å². The minimum atomic E-state index is -5.59. The number of hydrogen-bond donors (Lipinski definition) is 10. The molecule has 12 N–H and O–H groups in total. The number of imidazole rings is 1. The number of phosphoric acid groups is 3. The molecule has 1 fully saturated rings. The number of nitrogens with two attached hydrogens (primary N) is 2. The molecule has 348 valence electrons. The van der Waals surface area contributed by atoms with Gasteiger partial charge in [-0.3, -0.25) is 32.5 Å². The molecule has 32 heteroatoms. The number of nitrogens with zero attached hydrogens (tertiary/aromatic N) is 7. The first-order chi connectivity index (χ1) is 28.8. The number of aliphatic hydroxyl groups is 2. The van der Waals surface area contributed by atoms with E-state index in [-0.39, 0.29) is 59.8 Å². The van der Waals surface area contributed by atoms with Gasteiger partial charge in [-0.05, 0) is 12.3 Å². The van der Waals surface area contributed by atoms with Crippen molar-refractivity contribution in [2.75, 3.05) is 37.8 Å². The number of fused-ring (bicyclic) bond motifs is 1.